The van der Waals surface area contributed by atoms with Crippen LogP contribution < -0.4 is 11.1 Å². The van der Waals surface area contributed by atoms with Gasteiger partial charge in [0.2, 0.25) is 5.91 Å². The van der Waals surface area contributed by atoms with Gasteiger partial charge in [-0.25, -0.2) is 4.98 Å². The van der Waals surface area contributed by atoms with Crippen LogP contribution in [0.3, 0.4) is 0 Å². The van der Waals surface area contributed by atoms with Crippen molar-refractivity contribution in [2.75, 3.05) is 0 Å². The van der Waals surface area contributed by atoms with E-state index in [-0.39, 0.29) is 11.8 Å². The number of rotatable bonds is 5. The highest BCUT2D eigenvalue weighted by Gasteiger charge is 2.40. The van der Waals surface area contributed by atoms with Crippen molar-refractivity contribution in [1.82, 2.24) is 14.9 Å². The molecule has 0 aliphatic heterocycles. The summed E-state index contributed by atoms with van der Waals surface area (Å²) < 4.78 is 2.05. The summed E-state index contributed by atoms with van der Waals surface area (Å²) in [6.07, 6.45) is 11.1. The van der Waals surface area contributed by atoms with E-state index in [4.69, 9.17) is 5.73 Å². The molecule has 2 aliphatic carbocycles. The summed E-state index contributed by atoms with van der Waals surface area (Å²) in [5.74, 6) is 1.40. The zero-order chi connectivity index (χ0) is 17.9. The Balaban J connectivity index is 1.38. The topological polar surface area (TPSA) is 72.9 Å². The van der Waals surface area contributed by atoms with E-state index in [1.165, 1.54) is 30.4 Å². The van der Waals surface area contributed by atoms with Crippen LogP contribution in [0.2, 0.25) is 0 Å². The zero-order valence-corrected chi connectivity index (χ0v) is 15.2. The van der Waals surface area contributed by atoms with E-state index < -0.39 is 0 Å². The van der Waals surface area contributed by atoms with Gasteiger partial charge in [-0.05, 0) is 48.6 Å². The average molecular weight is 352 g/mol. The molecule has 2 fully saturated rings. The Morgan fingerprint density at radius 2 is 1.92 bits per heavy atom. The van der Waals surface area contributed by atoms with Crippen LogP contribution in [0.4, 0.5) is 0 Å². The molecule has 2 atom stereocenters. The molecule has 5 heteroatoms. The molecule has 2 bridgehead atoms. The van der Waals surface area contributed by atoms with Crippen molar-refractivity contribution < 1.29 is 4.79 Å². The van der Waals surface area contributed by atoms with Crippen LogP contribution in [0.5, 0.6) is 0 Å². The lowest BCUT2D eigenvalue weighted by Crippen LogP contribution is -2.49. The van der Waals surface area contributed by atoms with Crippen molar-refractivity contribution in [1.29, 1.82) is 0 Å². The minimum atomic E-state index is 0.130. The van der Waals surface area contributed by atoms with E-state index in [1.54, 1.807) is 6.20 Å². The van der Waals surface area contributed by atoms with Crippen LogP contribution in [-0.4, -0.2) is 21.5 Å². The van der Waals surface area contributed by atoms with Crippen molar-refractivity contribution in [3.05, 3.63) is 54.1 Å². The van der Waals surface area contributed by atoms with Gasteiger partial charge < -0.3 is 15.6 Å². The molecule has 5 nitrogen and oxygen atoms in total. The first-order valence-electron chi connectivity index (χ1n) is 9.76. The molecule has 1 aromatic heterocycles. The number of aromatic nitrogens is 2. The van der Waals surface area contributed by atoms with Gasteiger partial charge in [0.1, 0.15) is 0 Å². The molecule has 2 unspecified atom stereocenters. The van der Waals surface area contributed by atoms with Gasteiger partial charge in [0.25, 0.3) is 0 Å². The quantitative estimate of drug-likeness (QED) is 0.869. The molecule has 1 aromatic carbocycles. The Bertz CT molecular complexity index is 728. The summed E-state index contributed by atoms with van der Waals surface area (Å²) in [5.41, 5.74) is 8.74. The Morgan fingerprint density at radius 1 is 1.19 bits per heavy atom. The number of nitrogens with one attached hydrogen (secondary N) is 1. The Morgan fingerprint density at radius 3 is 2.62 bits per heavy atom. The third-order valence-electron chi connectivity index (χ3n) is 6.27. The van der Waals surface area contributed by atoms with Gasteiger partial charge in [0.05, 0.1) is 6.33 Å². The highest BCUT2D eigenvalue weighted by molar-refractivity contribution is 5.78. The van der Waals surface area contributed by atoms with Crippen LogP contribution in [0.1, 0.15) is 43.2 Å². The van der Waals surface area contributed by atoms with Crippen molar-refractivity contribution in [3.63, 3.8) is 0 Å². The van der Waals surface area contributed by atoms with Crippen molar-refractivity contribution in [2.24, 2.45) is 23.5 Å². The third-order valence-corrected chi connectivity index (χ3v) is 6.27. The first kappa shape index (κ1) is 17.3. The van der Waals surface area contributed by atoms with Gasteiger partial charge in [-0.1, -0.05) is 30.7 Å². The zero-order valence-electron chi connectivity index (χ0n) is 15.2. The molecule has 0 radical (unpaired) electrons. The predicted octanol–water partition coefficient (Wildman–Crippen LogP) is 2.70. The number of carbonyl (C=O) groups is 1. The molecule has 2 aromatic rings. The summed E-state index contributed by atoms with van der Waals surface area (Å²) in [6, 6.07) is 8.59. The molecule has 1 amide bonds. The number of nitrogens with zero attached hydrogens (tertiary/aromatic N) is 2. The van der Waals surface area contributed by atoms with Crippen molar-refractivity contribution in [2.45, 2.75) is 51.2 Å². The lowest BCUT2D eigenvalue weighted by atomic mass is 9.65. The maximum absolute atomic E-state index is 12.8. The summed E-state index contributed by atoms with van der Waals surface area (Å²) in [5, 5.41) is 3.19. The monoisotopic (exact) mass is 352 g/mol. The fourth-order valence-electron chi connectivity index (χ4n) is 4.79. The van der Waals surface area contributed by atoms with Gasteiger partial charge in [-0.2, -0.15) is 0 Å². The highest BCUT2D eigenvalue weighted by atomic mass is 16.1. The van der Waals surface area contributed by atoms with Crippen LogP contribution >= 0.6 is 0 Å². The second kappa shape index (κ2) is 7.62. The van der Waals surface area contributed by atoms with Crippen LogP contribution in [0, 0.1) is 17.8 Å². The van der Waals surface area contributed by atoms with E-state index in [1.807, 2.05) is 29.2 Å². The molecule has 2 saturated carbocycles. The Labute approximate surface area is 155 Å². The SMILES string of the molecule is NC1C2CCCC1CC(C(=O)NCc1ccccc1Cn1ccnc1)C2. The molecular weight excluding hydrogens is 324 g/mol. The van der Waals surface area contributed by atoms with Crippen molar-refractivity contribution in [3.8, 4) is 0 Å². The van der Waals surface area contributed by atoms with E-state index in [0.717, 1.165) is 19.4 Å². The smallest absolute Gasteiger partial charge is 0.223 e. The van der Waals surface area contributed by atoms with Crippen LogP contribution in [0.15, 0.2) is 43.0 Å². The molecule has 26 heavy (non-hydrogen) atoms. The number of hydrogen-bond acceptors (Lipinski definition) is 3. The van der Waals surface area contributed by atoms with E-state index in [2.05, 4.69) is 22.4 Å². The standard InChI is InChI=1S/C21H28N4O/c22-20-15-6-3-7-16(20)11-19(10-15)21(26)24-12-17-4-1-2-5-18(17)13-25-9-8-23-14-25/h1-2,4-5,8-9,14-16,19-20H,3,6-7,10-13,22H2,(H,24,26). The maximum atomic E-state index is 12.8. The molecule has 2 aliphatic rings. The minimum Gasteiger partial charge on any atom is -0.352 e. The Hall–Kier alpha value is -2.14. The fourth-order valence-corrected chi connectivity index (χ4v) is 4.79. The number of carbonyl (C=O) groups excluding carboxylic acids is 1. The van der Waals surface area contributed by atoms with Crippen molar-refractivity contribution >= 4 is 5.91 Å². The number of amides is 1. The largest absolute Gasteiger partial charge is 0.352 e. The first-order chi connectivity index (χ1) is 12.7. The van der Waals surface area contributed by atoms with E-state index >= 15 is 0 Å². The number of hydrogen-bond donors (Lipinski definition) is 2. The summed E-state index contributed by atoms with van der Waals surface area (Å²) in [6.45, 7) is 1.36. The van der Waals surface area contributed by atoms with Gasteiger partial charge in [-0.15, -0.1) is 0 Å². The fraction of sp³-hybridized carbons (Fsp3) is 0.524. The van der Waals surface area contributed by atoms with Crippen LogP contribution in [0.25, 0.3) is 0 Å². The highest BCUT2D eigenvalue weighted by Crippen LogP contribution is 2.41. The second-order valence-corrected chi connectivity index (χ2v) is 7.92. The van der Waals surface area contributed by atoms with E-state index in [9.17, 15) is 4.79 Å². The summed E-state index contributed by atoms with van der Waals surface area (Å²) in [7, 11) is 0. The number of nitrogens with two attached hydrogens (primary N) is 1. The molecule has 0 saturated heterocycles. The number of benzene rings is 1. The summed E-state index contributed by atoms with van der Waals surface area (Å²) in [4.78, 5) is 16.9. The number of fused-ring (bicyclic) bond motifs is 2. The van der Waals surface area contributed by atoms with Gasteiger partial charge in [0, 0.05) is 37.4 Å². The molecule has 0 spiro atoms. The normalized spacial score (nSPS) is 27.9. The van der Waals surface area contributed by atoms with Crippen LogP contribution in [-0.2, 0) is 17.9 Å². The molecule has 1 heterocycles. The average Bonchev–Trinajstić information content (AvgIpc) is 3.13. The second-order valence-electron chi connectivity index (χ2n) is 7.92. The number of imidazole rings is 1. The van der Waals surface area contributed by atoms with Gasteiger partial charge in [0.15, 0.2) is 0 Å². The minimum absolute atomic E-state index is 0.130. The molecule has 3 N–H and O–H groups in total. The lowest BCUT2D eigenvalue weighted by molar-refractivity contribution is -0.128. The van der Waals surface area contributed by atoms with E-state index in [0.29, 0.717) is 24.4 Å². The molecule has 138 valence electrons. The Kier molecular flexibility index (Phi) is 5.07. The maximum Gasteiger partial charge on any atom is 0.223 e. The van der Waals surface area contributed by atoms with Gasteiger partial charge in [-0.3, -0.25) is 4.79 Å². The first-order valence-corrected chi connectivity index (χ1v) is 9.76. The molecular formula is C21H28N4O. The van der Waals surface area contributed by atoms with Gasteiger partial charge >= 0.3 is 0 Å². The molecule has 4 rings (SSSR count). The third kappa shape index (κ3) is 3.68. The summed E-state index contributed by atoms with van der Waals surface area (Å²) >= 11 is 0. The lowest BCUT2D eigenvalue weighted by Gasteiger charge is -2.43. The predicted molar refractivity (Wildman–Crippen MR) is 101 cm³/mol.